The van der Waals surface area contributed by atoms with Crippen LogP contribution in [0.5, 0.6) is 11.5 Å². The first-order valence-electron chi connectivity index (χ1n) is 11.2. The summed E-state index contributed by atoms with van der Waals surface area (Å²) in [5.74, 6) is 0.543. The molecule has 11 heteroatoms. The number of benzene rings is 2. The van der Waals surface area contributed by atoms with Crippen molar-refractivity contribution in [1.82, 2.24) is 14.9 Å². The molecule has 0 fully saturated rings. The Kier molecular flexibility index (Phi) is 7.11. The van der Waals surface area contributed by atoms with Gasteiger partial charge in [-0.05, 0) is 56.0 Å². The molecule has 0 spiro atoms. The average molecular weight is 517 g/mol. The maximum Gasteiger partial charge on any atom is 0.244 e. The second-order valence-electron chi connectivity index (χ2n) is 8.68. The maximum atomic E-state index is 13.3. The molecule has 2 atom stereocenters. The molecule has 1 aliphatic heterocycles. The molecule has 2 unspecified atom stereocenters. The number of amides is 1. The second kappa shape index (κ2) is 9.92. The van der Waals surface area contributed by atoms with Crippen LogP contribution >= 0.6 is 11.3 Å². The minimum atomic E-state index is -3.94. The van der Waals surface area contributed by atoms with Gasteiger partial charge in [0.2, 0.25) is 27.9 Å². The zero-order valence-electron chi connectivity index (χ0n) is 20.2. The molecule has 1 aromatic heterocycles. The van der Waals surface area contributed by atoms with Crippen LogP contribution in [0.2, 0.25) is 0 Å². The third kappa shape index (κ3) is 5.31. The zero-order valence-corrected chi connectivity index (χ0v) is 21.8. The van der Waals surface area contributed by atoms with Crippen molar-refractivity contribution in [2.45, 2.75) is 52.0 Å². The van der Waals surface area contributed by atoms with Gasteiger partial charge in [0.05, 0.1) is 4.90 Å². The quantitative estimate of drug-likeness (QED) is 0.461. The predicted octanol–water partition coefficient (Wildman–Crippen LogP) is 4.19. The molecule has 2 N–H and O–H groups in total. The van der Waals surface area contributed by atoms with Crippen LogP contribution < -0.4 is 19.5 Å². The molecule has 0 radical (unpaired) electrons. The fraction of sp³-hybridized carbons (Fsp3) is 0.375. The molecule has 0 bridgehead atoms. The Morgan fingerprint density at radius 1 is 1.09 bits per heavy atom. The van der Waals surface area contributed by atoms with Gasteiger partial charge in [-0.25, -0.2) is 8.42 Å². The van der Waals surface area contributed by atoms with Crippen molar-refractivity contribution in [3.63, 3.8) is 0 Å². The van der Waals surface area contributed by atoms with Crippen LogP contribution in [0, 0.1) is 26.7 Å². The van der Waals surface area contributed by atoms with Gasteiger partial charge in [0.15, 0.2) is 11.5 Å². The first-order chi connectivity index (χ1) is 16.6. The van der Waals surface area contributed by atoms with Crippen LogP contribution in [0.25, 0.3) is 10.6 Å². The minimum absolute atomic E-state index is 0.171. The van der Waals surface area contributed by atoms with Crippen molar-refractivity contribution in [3.05, 3.63) is 47.0 Å². The lowest BCUT2D eigenvalue weighted by molar-refractivity contribution is -0.118. The van der Waals surface area contributed by atoms with E-state index >= 15 is 0 Å². The topological polar surface area (TPSA) is 120 Å². The highest BCUT2D eigenvalue weighted by molar-refractivity contribution is 7.89. The molecule has 1 aliphatic rings. The number of aromatic nitrogens is 2. The van der Waals surface area contributed by atoms with Crippen LogP contribution in [-0.4, -0.2) is 37.4 Å². The molecule has 35 heavy (non-hydrogen) atoms. The Bertz CT molecular complexity index is 1350. The van der Waals surface area contributed by atoms with E-state index in [0.717, 1.165) is 11.1 Å². The third-order valence-electron chi connectivity index (χ3n) is 5.93. The summed E-state index contributed by atoms with van der Waals surface area (Å²) in [6.07, 6.45) is 0.602. The molecule has 2 heterocycles. The van der Waals surface area contributed by atoms with E-state index in [1.54, 1.807) is 26.0 Å². The summed E-state index contributed by atoms with van der Waals surface area (Å²) in [6.45, 7) is 9.34. The van der Waals surface area contributed by atoms with Crippen LogP contribution in [0.4, 0.5) is 5.13 Å². The van der Waals surface area contributed by atoms with Gasteiger partial charge < -0.3 is 9.47 Å². The number of aryl methyl sites for hydroxylation is 3. The van der Waals surface area contributed by atoms with Gasteiger partial charge in [0.1, 0.15) is 11.0 Å². The summed E-state index contributed by atoms with van der Waals surface area (Å²) in [6, 6.07) is 8.08. The SMILES string of the molecule is CCC(C)C(NS(=O)(=O)c1c(C)cc(C)cc1C)C(=O)Nc1nnc(-c2ccc3c(c2)OCO3)s1. The first kappa shape index (κ1) is 25.1. The Balaban J connectivity index is 1.54. The number of rotatable bonds is 8. The van der Waals surface area contributed by atoms with Crippen molar-refractivity contribution < 1.29 is 22.7 Å². The summed E-state index contributed by atoms with van der Waals surface area (Å²) in [5, 5.41) is 11.8. The number of nitrogens with zero attached hydrogens (tertiary/aromatic N) is 2. The monoisotopic (exact) mass is 516 g/mol. The normalized spacial score (nSPS) is 14.5. The smallest absolute Gasteiger partial charge is 0.244 e. The molecule has 2 aromatic carbocycles. The number of nitrogens with one attached hydrogen (secondary N) is 2. The molecule has 3 aromatic rings. The average Bonchev–Trinajstić information content (AvgIpc) is 3.44. The molecule has 0 aliphatic carbocycles. The first-order valence-corrected chi connectivity index (χ1v) is 13.5. The predicted molar refractivity (Wildman–Crippen MR) is 134 cm³/mol. The standard InChI is InChI=1S/C24H28N4O5S2/c1-6-14(3)20(28-35(30,31)21-15(4)9-13(2)10-16(21)5)22(29)25-24-27-26-23(34-24)17-7-8-18-19(11-17)33-12-32-18/h7-11,14,20,28H,6,12H2,1-5H3,(H,25,27,29). The molecule has 4 rings (SSSR count). The molecular weight excluding hydrogens is 488 g/mol. The fourth-order valence-corrected chi connectivity index (χ4v) is 6.58. The van der Waals surface area contributed by atoms with Crippen molar-refractivity contribution in [3.8, 4) is 22.1 Å². The lowest BCUT2D eigenvalue weighted by Crippen LogP contribution is -2.47. The Labute approximate surface area is 208 Å². The number of anilines is 1. The zero-order chi connectivity index (χ0) is 25.3. The largest absolute Gasteiger partial charge is 0.454 e. The van der Waals surface area contributed by atoms with Gasteiger partial charge in [-0.1, -0.05) is 49.3 Å². The van der Waals surface area contributed by atoms with Crippen LogP contribution in [0.1, 0.15) is 37.0 Å². The van der Waals surface area contributed by atoms with Gasteiger partial charge in [-0.2, -0.15) is 4.72 Å². The van der Waals surface area contributed by atoms with Gasteiger partial charge in [-0.15, -0.1) is 10.2 Å². The van der Waals surface area contributed by atoms with E-state index in [2.05, 4.69) is 20.2 Å². The molecule has 9 nitrogen and oxygen atoms in total. The summed E-state index contributed by atoms with van der Waals surface area (Å²) in [5.41, 5.74) is 3.02. The third-order valence-corrected chi connectivity index (χ3v) is 8.56. The van der Waals surface area contributed by atoms with Gasteiger partial charge >= 0.3 is 0 Å². The molecule has 1 amide bonds. The van der Waals surface area contributed by atoms with E-state index in [9.17, 15) is 13.2 Å². The number of carbonyl (C=O) groups excluding carboxylic acids is 1. The van der Waals surface area contributed by atoms with E-state index in [1.807, 2.05) is 39.0 Å². The molecule has 0 saturated carbocycles. The number of ether oxygens (including phenoxy) is 2. The molecular formula is C24H28N4O5S2. The molecule has 0 saturated heterocycles. The van der Waals surface area contributed by atoms with Crippen molar-refractivity contribution in [2.75, 3.05) is 12.1 Å². The summed E-state index contributed by atoms with van der Waals surface area (Å²) in [7, 11) is -3.94. The van der Waals surface area contributed by atoms with Gasteiger partial charge in [-0.3, -0.25) is 10.1 Å². The Hall–Kier alpha value is -3.02. The highest BCUT2D eigenvalue weighted by Gasteiger charge is 2.32. The number of carbonyl (C=O) groups is 1. The lowest BCUT2D eigenvalue weighted by Gasteiger charge is -2.24. The van der Waals surface area contributed by atoms with E-state index in [1.165, 1.54) is 11.3 Å². The van der Waals surface area contributed by atoms with E-state index in [0.29, 0.717) is 34.1 Å². The Morgan fingerprint density at radius 3 is 2.46 bits per heavy atom. The second-order valence-corrected chi connectivity index (χ2v) is 11.3. The highest BCUT2D eigenvalue weighted by atomic mass is 32.2. The van der Waals surface area contributed by atoms with Crippen LogP contribution in [0.15, 0.2) is 35.2 Å². The molecule has 186 valence electrons. The maximum absolute atomic E-state index is 13.3. The lowest BCUT2D eigenvalue weighted by atomic mass is 9.99. The highest BCUT2D eigenvalue weighted by Crippen LogP contribution is 2.37. The van der Waals surface area contributed by atoms with Crippen molar-refractivity contribution in [1.29, 1.82) is 0 Å². The minimum Gasteiger partial charge on any atom is -0.454 e. The van der Waals surface area contributed by atoms with Gasteiger partial charge in [0, 0.05) is 5.56 Å². The number of sulfonamides is 1. The van der Waals surface area contributed by atoms with Crippen molar-refractivity contribution >= 4 is 32.4 Å². The summed E-state index contributed by atoms with van der Waals surface area (Å²) in [4.78, 5) is 13.4. The van der Waals surface area contributed by atoms with E-state index in [-0.39, 0.29) is 22.7 Å². The summed E-state index contributed by atoms with van der Waals surface area (Å²) >= 11 is 1.19. The van der Waals surface area contributed by atoms with E-state index in [4.69, 9.17) is 9.47 Å². The van der Waals surface area contributed by atoms with Gasteiger partial charge in [0.25, 0.3) is 0 Å². The van der Waals surface area contributed by atoms with E-state index < -0.39 is 22.0 Å². The number of hydrogen-bond donors (Lipinski definition) is 2. The number of fused-ring (bicyclic) bond motifs is 1. The number of hydrogen-bond acceptors (Lipinski definition) is 8. The Morgan fingerprint density at radius 2 is 1.77 bits per heavy atom. The van der Waals surface area contributed by atoms with Crippen LogP contribution in [0.3, 0.4) is 0 Å². The van der Waals surface area contributed by atoms with Crippen molar-refractivity contribution in [2.24, 2.45) is 5.92 Å². The summed E-state index contributed by atoms with van der Waals surface area (Å²) < 4.78 is 40.0. The fourth-order valence-electron chi connectivity index (χ4n) is 4.08. The van der Waals surface area contributed by atoms with Crippen LogP contribution in [-0.2, 0) is 14.8 Å².